The summed E-state index contributed by atoms with van der Waals surface area (Å²) in [7, 11) is 0. The van der Waals surface area contributed by atoms with Crippen LogP contribution in [0.5, 0.6) is 0 Å². The number of aliphatic imine (C=N–C) groups is 1. The van der Waals surface area contributed by atoms with E-state index in [2.05, 4.69) is 46.3 Å². The van der Waals surface area contributed by atoms with Gasteiger partial charge in [0, 0.05) is 18.0 Å². The van der Waals surface area contributed by atoms with Crippen molar-refractivity contribution in [3.8, 4) is 0 Å². The number of amidine groups is 1. The average molecular weight is 476 g/mol. The number of H-pyrrole nitrogens is 1. The molecule has 0 atom stereocenters. The standard InChI is InChI=1S/C25H25N5OS2/c1-4-29-19-12-8-9-13-20(19)32-24(29)22-23(31)30(15-14-18-10-6-5-7-11-18)25(33-22)26-21-16(2)27-28-17(21)3/h5-13H,4,14-15H2,1-3H3,(H,27,28)/b24-22-,26-25?. The zero-order chi connectivity index (χ0) is 22.9. The van der Waals surface area contributed by atoms with Gasteiger partial charge in [-0.05, 0) is 56.7 Å². The number of hydrogen-bond acceptors (Lipinski definition) is 6. The van der Waals surface area contributed by atoms with Crippen molar-refractivity contribution in [2.24, 2.45) is 4.99 Å². The summed E-state index contributed by atoms with van der Waals surface area (Å²) in [4.78, 5) is 24.6. The zero-order valence-corrected chi connectivity index (χ0v) is 20.5. The number of amides is 1. The number of benzene rings is 2. The molecule has 0 unspecified atom stereocenters. The number of rotatable bonds is 5. The van der Waals surface area contributed by atoms with Crippen molar-refractivity contribution in [1.82, 2.24) is 15.1 Å². The molecule has 0 saturated carbocycles. The Balaban J connectivity index is 1.53. The lowest BCUT2D eigenvalue weighted by Crippen LogP contribution is -2.32. The van der Waals surface area contributed by atoms with Crippen LogP contribution in [0.3, 0.4) is 0 Å². The molecule has 0 aliphatic carbocycles. The molecule has 2 aliphatic rings. The molecule has 0 bridgehead atoms. The van der Waals surface area contributed by atoms with Crippen LogP contribution in [0, 0.1) is 13.8 Å². The van der Waals surface area contributed by atoms with Gasteiger partial charge in [-0.3, -0.25) is 14.8 Å². The molecule has 5 rings (SSSR count). The normalized spacial score (nSPS) is 19.1. The Morgan fingerprint density at radius 3 is 2.48 bits per heavy atom. The Bertz CT molecular complexity index is 1250. The molecule has 2 aliphatic heterocycles. The third-order valence-electron chi connectivity index (χ3n) is 5.75. The Hall–Kier alpha value is -2.97. The van der Waals surface area contributed by atoms with E-state index in [-0.39, 0.29) is 5.91 Å². The summed E-state index contributed by atoms with van der Waals surface area (Å²) in [6.45, 7) is 7.38. The van der Waals surface area contributed by atoms with Gasteiger partial charge in [-0.25, -0.2) is 4.99 Å². The Labute approximate surface area is 202 Å². The van der Waals surface area contributed by atoms with Crippen molar-refractivity contribution in [3.63, 3.8) is 0 Å². The van der Waals surface area contributed by atoms with Gasteiger partial charge in [0.25, 0.3) is 5.91 Å². The largest absolute Gasteiger partial charge is 0.334 e. The molecular weight excluding hydrogens is 450 g/mol. The minimum Gasteiger partial charge on any atom is -0.334 e. The molecule has 1 fully saturated rings. The quantitative estimate of drug-likeness (QED) is 0.484. The Kier molecular flexibility index (Phi) is 6.03. The van der Waals surface area contributed by atoms with E-state index in [1.807, 2.05) is 49.1 Å². The fourth-order valence-corrected chi connectivity index (χ4v) is 6.43. The van der Waals surface area contributed by atoms with Crippen LogP contribution in [-0.2, 0) is 11.2 Å². The molecule has 6 nitrogen and oxygen atoms in total. The molecule has 8 heteroatoms. The molecule has 2 aromatic carbocycles. The number of carbonyl (C=O) groups is 1. The number of nitrogens with zero attached hydrogens (tertiary/aromatic N) is 4. The van der Waals surface area contributed by atoms with Crippen molar-refractivity contribution in [2.75, 3.05) is 18.0 Å². The van der Waals surface area contributed by atoms with E-state index in [1.165, 1.54) is 22.2 Å². The number of carbonyl (C=O) groups excluding carboxylic acids is 1. The molecular formula is C25H25N5OS2. The van der Waals surface area contributed by atoms with Crippen LogP contribution in [0.25, 0.3) is 0 Å². The second kappa shape index (κ2) is 9.11. The summed E-state index contributed by atoms with van der Waals surface area (Å²) in [6, 6.07) is 18.6. The first kappa shape index (κ1) is 21.9. The molecule has 1 N–H and O–H groups in total. The molecule has 168 valence electrons. The van der Waals surface area contributed by atoms with Crippen molar-refractivity contribution in [2.45, 2.75) is 32.1 Å². The average Bonchev–Trinajstić information content (AvgIpc) is 3.47. The zero-order valence-electron chi connectivity index (χ0n) is 18.8. The van der Waals surface area contributed by atoms with E-state index in [0.717, 1.165) is 45.7 Å². The summed E-state index contributed by atoms with van der Waals surface area (Å²) in [5.74, 6) is 0.0160. The minimum atomic E-state index is 0.0160. The van der Waals surface area contributed by atoms with Crippen LogP contribution < -0.4 is 4.90 Å². The molecule has 1 aromatic heterocycles. The van der Waals surface area contributed by atoms with Crippen LogP contribution >= 0.6 is 23.5 Å². The van der Waals surface area contributed by atoms with Crippen LogP contribution in [0.4, 0.5) is 11.4 Å². The second-order valence-electron chi connectivity index (χ2n) is 7.92. The van der Waals surface area contributed by atoms with Crippen molar-refractivity contribution >= 4 is 46.0 Å². The van der Waals surface area contributed by atoms with E-state index in [0.29, 0.717) is 11.7 Å². The SMILES string of the molecule is CCN1/C(=C2/SC(=Nc3c(C)n[nH]c3C)N(CCc3ccccc3)C2=O)Sc2ccccc21. The summed E-state index contributed by atoms with van der Waals surface area (Å²) >= 11 is 3.13. The third-order valence-corrected chi connectivity index (χ3v) is 8.12. The highest BCUT2D eigenvalue weighted by Gasteiger charge is 2.39. The first-order valence-corrected chi connectivity index (χ1v) is 12.6. The van der Waals surface area contributed by atoms with Gasteiger partial charge in [0.1, 0.15) is 15.6 Å². The highest BCUT2D eigenvalue weighted by atomic mass is 32.2. The minimum absolute atomic E-state index is 0.0160. The number of nitrogens with one attached hydrogen (secondary N) is 1. The summed E-state index contributed by atoms with van der Waals surface area (Å²) in [6.07, 6.45) is 0.767. The molecule has 3 heterocycles. The number of para-hydroxylation sites is 1. The van der Waals surface area contributed by atoms with E-state index >= 15 is 0 Å². The van der Waals surface area contributed by atoms with Crippen LogP contribution in [-0.4, -0.2) is 39.3 Å². The number of thioether (sulfide) groups is 2. The molecule has 33 heavy (non-hydrogen) atoms. The van der Waals surface area contributed by atoms with Crippen molar-refractivity contribution in [1.29, 1.82) is 0 Å². The van der Waals surface area contributed by atoms with Gasteiger partial charge in [-0.1, -0.05) is 54.2 Å². The van der Waals surface area contributed by atoms with Gasteiger partial charge in [-0.15, -0.1) is 0 Å². The first-order chi connectivity index (χ1) is 16.1. The maximum atomic E-state index is 13.7. The molecule has 1 saturated heterocycles. The van der Waals surface area contributed by atoms with Gasteiger partial charge >= 0.3 is 0 Å². The highest BCUT2D eigenvalue weighted by Crippen LogP contribution is 2.50. The molecule has 1 amide bonds. The number of aryl methyl sites for hydroxylation is 2. The van der Waals surface area contributed by atoms with E-state index < -0.39 is 0 Å². The fourth-order valence-electron chi connectivity index (χ4n) is 4.02. The number of aromatic amines is 1. The highest BCUT2D eigenvalue weighted by molar-refractivity contribution is 8.19. The maximum Gasteiger partial charge on any atom is 0.269 e. The predicted octanol–water partition coefficient (Wildman–Crippen LogP) is 5.63. The Morgan fingerprint density at radius 1 is 1.00 bits per heavy atom. The lowest BCUT2D eigenvalue weighted by atomic mass is 10.1. The maximum absolute atomic E-state index is 13.7. The van der Waals surface area contributed by atoms with Gasteiger partial charge in [-0.2, -0.15) is 5.10 Å². The summed E-state index contributed by atoms with van der Waals surface area (Å²) < 4.78 is 0. The van der Waals surface area contributed by atoms with E-state index in [9.17, 15) is 4.79 Å². The van der Waals surface area contributed by atoms with Crippen LogP contribution in [0.1, 0.15) is 23.9 Å². The van der Waals surface area contributed by atoms with E-state index in [4.69, 9.17) is 4.99 Å². The van der Waals surface area contributed by atoms with Gasteiger partial charge in [0.2, 0.25) is 0 Å². The summed E-state index contributed by atoms with van der Waals surface area (Å²) in [5, 5.41) is 8.97. The summed E-state index contributed by atoms with van der Waals surface area (Å²) in [5.41, 5.74) is 4.88. The first-order valence-electron chi connectivity index (χ1n) is 11.0. The number of aromatic nitrogens is 2. The molecule has 3 aromatic rings. The van der Waals surface area contributed by atoms with Crippen LogP contribution in [0.2, 0.25) is 0 Å². The van der Waals surface area contributed by atoms with Crippen molar-refractivity contribution < 1.29 is 4.79 Å². The lowest BCUT2D eigenvalue weighted by Gasteiger charge is -2.19. The monoisotopic (exact) mass is 475 g/mol. The van der Waals surface area contributed by atoms with Crippen LogP contribution in [0.15, 0.2) is 74.4 Å². The molecule has 0 radical (unpaired) electrons. The topological polar surface area (TPSA) is 64.6 Å². The Morgan fingerprint density at radius 2 is 1.76 bits per heavy atom. The second-order valence-corrected chi connectivity index (χ2v) is 9.93. The molecule has 0 spiro atoms. The smallest absolute Gasteiger partial charge is 0.269 e. The number of anilines is 1. The lowest BCUT2D eigenvalue weighted by molar-refractivity contribution is -0.122. The predicted molar refractivity (Wildman–Crippen MR) is 137 cm³/mol. The van der Waals surface area contributed by atoms with Gasteiger partial charge < -0.3 is 4.90 Å². The van der Waals surface area contributed by atoms with Gasteiger partial charge in [0.05, 0.1) is 17.1 Å². The third kappa shape index (κ3) is 4.09. The van der Waals surface area contributed by atoms with Gasteiger partial charge in [0.15, 0.2) is 5.17 Å². The fraction of sp³-hybridized carbons (Fsp3) is 0.240. The van der Waals surface area contributed by atoms with Crippen molar-refractivity contribution in [3.05, 3.63) is 81.5 Å². The number of fused-ring (bicyclic) bond motifs is 1. The van der Waals surface area contributed by atoms with E-state index in [1.54, 1.807) is 11.8 Å². The number of hydrogen-bond donors (Lipinski definition) is 1.